The van der Waals surface area contributed by atoms with Gasteiger partial charge in [-0.25, -0.2) is 0 Å². The summed E-state index contributed by atoms with van der Waals surface area (Å²) >= 11 is 5.63. The Morgan fingerprint density at radius 3 is 2.41 bits per heavy atom. The Bertz CT molecular complexity index is 373. The lowest BCUT2D eigenvalue weighted by Gasteiger charge is -2.25. The first-order chi connectivity index (χ1) is 8.11. The summed E-state index contributed by atoms with van der Waals surface area (Å²) in [5.41, 5.74) is 2.98. The van der Waals surface area contributed by atoms with Gasteiger partial charge in [0.25, 0.3) is 0 Å². The molecule has 0 aliphatic carbocycles. The molecule has 17 heavy (non-hydrogen) atoms. The van der Waals surface area contributed by atoms with Gasteiger partial charge in [-0.2, -0.15) is 0 Å². The lowest BCUT2D eigenvalue weighted by molar-refractivity contribution is -0.117. The van der Waals surface area contributed by atoms with Gasteiger partial charge in [0.05, 0.1) is 5.69 Å². The highest BCUT2D eigenvalue weighted by Crippen LogP contribution is 2.24. The van der Waals surface area contributed by atoms with Crippen molar-refractivity contribution < 1.29 is 9.53 Å². The van der Waals surface area contributed by atoms with Gasteiger partial charge in [-0.15, -0.1) is 11.6 Å². The van der Waals surface area contributed by atoms with Crippen LogP contribution in [0.25, 0.3) is 0 Å². The molecular formula is C13H18ClNO2. The Balaban J connectivity index is 3.07. The lowest BCUT2D eigenvalue weighted by Crippen LogP contribution is -2.35. The van der Waals surface area contributed by atoms with Gasteiger partial charge in [0.2, 0.25) is 5.91 Å². The molecule has 1 amide bonds. The zero-order valence-electron chi connectivity index (χ0n) is 10.5. The first-order valence-electron chi connectivity index (χ1n) is 5.62. The summed E-state index contributed by atoms with van der Waals surface area (Å²) in [6.45, 7) is 6.66. The number of carbonyl (C=O) groups excluding carboxylic acids is 1. The van der Waals surface area contributed by atoms with Gasteiger partial charge in [0.1, 0.15) is 12.6 Å². The maximum atomic E-state index is 11.8. The molecule has 0 aliphatic rings. The van der Waals surface area contributed by atoms with Crippen molar-refractivity contribution >= 4 is 23.2 Å². The Morgan fingerprint density at radius 2 is 1.94 bits per heavy atom. The highest BCUT2D eigenvalue weighted by molar-refractivity contribution is 6.29. The van der Waals surface area contributed by atoms with Crippen LogP contribution >= 0.6 is 11.6 Å². The van der Waals surface area contributed by atoms with E-state index in [1.165, 1.54) is 0 Å². The molecule has 1 aromatic carbocycles. The van der Waals surface area contributed by atoms with Crippen LogP contribution in [0, 0.1) is 13.8 Å². The van der Waals surface area contributed by atoms with Gasteiger partial charge in [0.15, 0.2) is 0 Å². The second kappa shape index (κ2) is 6.62. The van der Waals surface area contributed by atoms with Gasteiger partial charge >= 0.3 is 0 Å². The summed E-state index contributed by atoms with van der Waals surface area (Å²) in [5.74, 6) is -0.182. The first-order valence-corrected chi connectivity index (χ1v) is 6.15. The van der Waals surface area contributed by atoms with E-state index in [9.17, 15) is 4.79 Å². The third-order valence-corrected chi connectivity index (χ3v) is 2.78. The fourth-order valence-electron chi connectivity index (χ4n) is 1.75. The van der Waals surface area contributed by atoms with Gasteiger partial charge in [-0.3, -0.25) is 9.69 Å². The Labute approximate surface area is 107 Å². The Hall–Kier alpha value is -1.06. The van der Waals surface area contributed by atoms with Crippen LogP contribution in [0.4, 0.5) is 5.69 Å². The smallest absolute Gasteiger partial charge is 0.243 e. The molecule has 0 atom stereocenters. The van der Waals surface area contributed by atoms with Gasteiger partial charge < -0.3 is 4.74 Å². The molecule has 4 heteroatoms. The molecule has 0 aliphatic heterocycles. The SMILES string of the molecule is CCOCN(C(=O)CCl)c1c(C)cccc1C. The topological polar surface area (TPSA) is 29.5 Å². The van der Waals surface area contributed by atoms with Gasteiger partial charge in [-0.1, -0.05) is 18.2 Å². The van der Waals surface area contributed by atoms with E-state index >= 15 is 0 Å². The van der Waals surface area contributed by atoms with Gasteiger partial charge in [-0.05, 0) is 31.9 Å². The second-order valence-corrected chi connectivity index (χ2v) is 4.08. The monoisotopic (exact) mass is 255 g/mol. The molecule has 94 valence electrons. The minimum Gasteiger partial charge on any atom is -0.361 e. The van der Waals surface area contributed by atoms with Crippen molar-refractivity contribution in [2.24, 2.45) is 0 Å². The van der Waals surface area contributed by atoms with E-state index in [0.29, 0.717) is 6.61 Å². The number of rotatable bonds is 5. The molecule has 0 N–H and O–H groups in total. The first kappa shape index (κ1) is 14.0. The maximum Gasteiger partial charge on any atom is 0.243 e. The number of hydrogen-bond acceptors (Lipinski definition) is 2. The van der Waals surface area contributed by atoms with Crippen LogP contribution in [-0.2, 0) is 9.53 Å². The lowest BCUT2D eigenvalue weighted by atomic mass is 10.1. The summed E-state index contributed by atoms with van der Waals surface area (Å²) < 4.78 is 5.33. The summed E-state index contributed by atoms with van der Waals surface area (Å²) in [5, 5.41) is 0. The van der Waals surface area contributed by atoms with E-state index in [2.05, 4.69) is 0 Å². The van der Waals surface area contributed by atoms with E-state index < -0.39 is 0 Å². The van der Waals surface area contributed by atoms with Crippen LogP contribution in [0.2, 0.25) is 0 Å². The number of hydrogen-bond donors (Lipinski definition) is 0. The number of nitrogens with zero attached hydrogens (tertiary/aromatic N) is 1. The quantitative estimate of drug-likeness (QED) is 0.598. The number of alkyl halides is 1. The summed E-state index contributed by atoms with van der Waals surface area (Å²) in [6, 6.07) is 5.92. The standard InChI is InChI=1S/C13H18ClNO2/c1-4-17-9-15(12(16)8-14)13-10(2)6-5-7-11(13)3/h5-7H,4,8-9H2,1-3H3. The molecule has 0 unspecified atom stereocenters. The third kappa shape index (κ3) is 3.45. The fourth-order valence-corrected chi connectivity index (χ4v) is 1.89. The van der Waals surface area contributed by atoms with Crippen LogP contribution < -0.4 is 4.90 Å². The van der Waals surface area contributed by atoms with Crippen molar-refractivity contribution in [2.45, 2.75) is 20.8 Å². The van der Waals surface area contributed by atoms with Crippen LogP contribution in [0.15, 0.2) is 18.2 Å². The average Bonchev–Trinajstić information content (AvgIpc) is 2.32. The fraction of sp³-hybridized carbons (Fsp3) is 0.462. The largest absolute Gasteiger partial charge is 0.361 e. The number of carbonyl (C=O) groups is 1. The Kier molecular flexibility index (Phi) is 5.45. The van der Waals surface area contributed by atoms with E-state index in [1.54, 1.807) is 4.90 Å². The van der Waals surface area contributed by atoms with Crippen molar-refractivity contribution in [3.63, 3.8) is 0 Å². The van der Waals surface area contributed by atoms with Crippen LogP contribution in [0.1, 0.15) is 18.1 Å². The molecule has 0 fully saturated rings. The molecular weight excluding hydrogens is 238 g/mol. The van der Waals surface area contributed by atoms with Crippen LogP contribution in [0.3, 0.4) is 0 Å². The number of ether oxygens (including phenoxy) is 1. The highest BCUT2D eigenvalue weighted by atomic mass is 35.5. The van der Waals surface area contributed by atoms with Crippen molar-refractivity contribution in [3.8, 4) is 0 Å². The number of para-hydroxylation sites is 1. The minimum absolute atomic E-state index is 0.0408. The number of benzene rings is 1. The molecule has 1 aromatic rings. The number of halogens is 1. The molecule has 0 saturated carbocycles. The molecule has 0 heterocycles. The molecule has 0 spiro atoms. The van der Waals surface area contributed by atoms with Crippen LogP contribution in [0.5, 0.6) is 0 Å². The van der Waals surface area contributed by atoms with Crippen molar-refractivity contribution in [1.29, 1.82) is 0 Å². The zero-order valence-corrected chi connectivity index (χ0v) is 11.3. The average molecular weight is 256 g/mol. The normalized spacial score (nSPS) is 10.4. The number of amides is 1. The predicted molar refractivity (Wildman–Crippen MR) is 70.6 cm³/mol. The highest BCUT2D eigenvalue weighted by Gasteiger charge is 2.18. The third-order valence-electron chi connectivity index (χ3n) is 2.55. The molecule has 0 aromatic heterocycles. The molecule has 1 rings (SSSR count). The predicted octanol–water partition coefficient (Wildman–Crippen LogP) is 2.87. The van der Waals surface area contributed by atoms with E-state index in [-0.39, 0.29) is 18.5 Å². The van der Waals surface area contributed by atoms with Crippen molar-refractivity contribution in [1.82, 2.24) is 0 Å². The maximum absolute atomic E-state index is 11.8. The number of aryl methyl sites for hydroxylation is 2. The summed E-state index contributed by atoms with van der Waals surface area (Å²) in [4.78, 5) is 13.4. The van der Waals surface area contributed by atoms with E-state index in [1.807, 2.05) is 39.0 Å². The van der Waals surface area contributed by atoms with E-state index in [4.69, 9.17) is 16.3 Å². The minimum atomic E-state index is -0.141. The summed E-state index contributed by atoms with van der Waals surface area (Å²) in [6.07, 6.45) is 0. The molecule has 0 radical (unpaired) electrons. The van der Waals surface area contributed by atoms with Gasteiger partial charge in [0, 0.05) is 6.61 Å². The van der Waals surface area contributed by atoms with Crippen LogP contribution in [-0.4, -0.2) is 25.1 Å². The zero-order chi connectivity index (χ0) is 12.8. The second-order valence-electron chi connectivity index (χ2n) is 3.82. The summed E-state index contributed by atoms with van der Waals surface area (Å²) in [7, 11) is 0. The number of anilines is 1. The van der Waals surface area contributed by atoms with Crippen molar-refractivity contribution in [3.05, 3.63) is 29.3 Å². The van der Waals surface area contributed by atoms with Crippen molar-refractivity contribution in [2.75, 3.05) is 24.1 Å². The molecule has 0 saturated heterocycles. The van der Waals surface area contributed by atoms with E-state index in [0.717, 1.165) is 16.8 Å². The Morgan fingerprint density at radius 1 is 1.35 bits per heavy atom. The molecule has 0 bridgehead atoms. The molecule has 3 nitrogen and oxygen atoms in total.